The van der Waals surface area contributed by atoms with Crippen LogP contribution in [0, 0.1) is 6.92 Å². The predicted octanol–water partition coefficient (Wildman–Crippen LogP) is 2.78. The maximum absolute atomic E-state index is 12.4. The number of carbonyl (C=O) groups is 1. The number of hydrogen-bond donors (Lipinski definition) is 1. The molecule has 0 unspecified atom stereocenters. The monoisotopic (exact) mass is 321 g/mol. The van der Waals surface area contributed by atoms with E-state index in [2.05, 4.69) is 9.82 Å². The molecule has 2 rings (SSSR count). The number of hydrogen-bond acceptors (Lipinski definition) is 4. The highest BCUT2D eigenvalue weighted by Crippen LogP contribution is 2.20. The van der Waals surface area contributed by atoms with Crippen LogP contribution in [0.4, 0.5) is 5.69 Å². The molecule has 0 spiro atoms. The molecule has 0 radical (unpaired) electrons. The van der Waals surface area contributed by atoms with Gasteiger partial charge in [-0.25, -0.2) is 8.42 Å². The van der Waals surface area contributed by atoms with Gasteiger partial charge in [0.25, 0.3) is 10.0 Å². The lowest BCUT2D eigenvalue weighted by Gasteiger charge is -2.07. The number of benzene rings is 1. The maximum atomic E-state index is 12.4. The molecule has 118 valence electrons. The summed E-state index contributed by atoms with van der Waals surface area (Å²) in [5.74, 6) is -0.0662. The first-order valence-corrected chi connectivity index (χ1v) is 8.38. The highest BCUT2D eigenvalue weighted by Gasteiger charge is 2.21. The van der Waals surface area contributed by atoms with Crippen LogP contribution in [0.2, 0.25) is 0 Å². The Morgan fingerprint density at radius 2 is 1.82 bits per heavy atom. The van der Waals surface area contributed by atoms with Gasteiger partial charge in [0.2, 0.25) is 0 Å². The van der Waals surface area contributed by atoms with Gasteiger partial charge in [-0.05, 0) is 52.0 Å². The van der Waals surface area contributed by atoms with Gasteiger partial charge in [-0.3, -0.25) is 14.2 Å². The molecule has 0 aliphatic rings. The molecule has 22 heavy (non-hydrogen) atoms. The minimum Gasteiger partial charge on any atom is -0.295 e. The zero-order chi connectivity index (χ0) is 16.5. The smallest absolute Gasteiger partial charge is 0.265 e. The van der Waals surface area contributed by atoms with Crippen LogP contribution in [0.1, 0.15) is 42.9 Å². The van der Waals surface area contributed by atoms with E-state index >= 15 is 0 Å². The molecule has 0 aliphatic heterocycles. The van der Waals surface area contributed by atoms with E-state index in [1.54, 1.807) is 35.9 Å². The molecule has 1 heterocycles. The highest BCUT2D eigenvalue weighted by molar-refractivity contribution is 7.92. The van der Waals surface area contributed by atoms with Gasteiger partial charge in [-0.2, -0.15) is 5.10 Å². The Bertz CT molecular complexity index is 790. The molecule has 0 fully saturated rings. The van der Waals surface area contributed by atoms with Gasteiger partial charge in [-0.1, -0.05) is 0 Å². The van der Waals surface area contributed by atoms with Gasteiger partial charge >= 0.3 is 0 Å². The number of sulfonamides is 1. The Balaban J connectivity index is 2.29. The SMILES string of the molecule is CC(=O)c1ccc(NS(=O)(=O)c2cn(C(C)C)nc2C)cc1. The summed E-state index contributed by atoms with van der Waals surface area (Å²) in [5.41, 5.74) is 1.38. The molecule has 1 aromatic heterocycles. The molecule has 0 aliphatic carbocycles. The summed E-state index contributed by atoms with van der Waals surface area (Å²) in [4.78, 5) is 11.4. The number of rotatable bonds is 5. The molecular weight excluding hydrogens is 302 g/mol. The van der Waals surface area contributed by atoms with Crippen molar-refractivity contribution in [3.8, 4) is 0 Å². The van der Waals surface area contributed by atoms with E-state index in [0.29, 0.717) is 16.9 Å². The van der Waals surface area contributed by atoms with E-state index < -0.39 is 10.0 Å². The predicted molar refractivity (Wildman–Crippen MR) is 84.6 cm³/mol. The molecule has 0 amide bonds. The lowest BCUT2D eigenvalue weighted by Crippen LogP contribution is -2.13. The summed E-state index contributed by atoms with van der Waals surface area (Å²) >= 11 is 0. The van der Waals surface area contributed by atoms with Crippen LogP contribution in [-0.2, 0) is 10.0 Å². The third-order valence-corrected chi connectivity index (χ3v) is 4.72. The van der Waals surface area contributed by atoms with Crippen molar-refractivity contribution in [2.24, 2.45) is 0 Å². The second-order valence-corrected chi connectivity index (χ2v) is 7.04. The number of aryl methyl sites for hydroxylation is 1. The van der Waals surface area contributed by atoms with Crippen molar-refractivity contribution < 1.29 is 13.2 Å². The van der Waals surface area contributed by atoms with Gasteiger partial charge in [0.05, 0.1) is 5.69 Å². The van der Waals surface area contributed by atoms with E-state index in [1.165, 1.54) is 13.1 Å². The Morgan fingerprint density at radius 3 is 2.27 bits per heavy atom. The maximum Gasteiger partial charge on any atom is 0.265 e. The summed E-state index contributed by atoms with van der Waals surface area (Å²) < 4.78 is 29.0. The second-order valence-electron chi connectivity index (χ2n) is 5.39. The van der Waals surface area contributed by atoms with Crippen molar-refractivity contribution in [3.05, 3.63) is 41.7 Å². The lowest BCUT2D eigenvalue weighted by atomic mass is 10.1. The molecular formula is C15H19N3O3S. The van der Waals surface area contributed by atoms with Crippen LogP contribution in [0.3, 0.4) is 0 Å². The van der Waals surface area contributed by atoms with E-state index in [0.717, 1.165) is 0 Å². The minimum atomic E-state index is -3.71. The highest BCUT2D eigenvalue weighted by atomic mass is 32.2. The number of ketones is 1. The number of Topliss-reactive ketones (excluding diaryl/α,β-unsaturated/α-hetero) is 1. The fraction of sp³-hybridized carbons (Fsp3) is 0.333. The van der Waals surface area contributed by atoms with Crippen LogP contribution >= 0.6 is 0 Å². The fourth-order valence-corrected chi connectivity index (χ4v) is 3.21. The van der Waals surface area contributed by atoms with Crippen LogP contribution < -0.4 is 4.72 Å². The van der Waals surface area contributed by atoms with Crippen LogP contribution in [0.25, 0.3) is 0 Å². The van der Waals surface area contributed by atoms with Crippen molar-refractivity contribution >= 4 is 21.5 Å². The molecule has 1 aromatic carbocycles. The summed E-state index contributed by atoms with van der Waals surface area (Å²) in [6, 6.07) is 6.39. The zero-order valence-corrected chi connectivity index (χ0v) is 13.8. The first-order chi connectivity index (χ1) is 10.2. The van der Waals surface area contributed by atoms with Crippen molar-refractivity contribution in [1.29, 1.82) is 0 Å². The van der Waals surface area contributed by atoms with Gasteiger partial charge < -0.3 is 0 Å². The third kappa shape index (κ3) is 3.36. The number of aromatic nitrogens is 2. The quantitative estimate of drug-likeness (QED) is 0.859. The number of nitrogens with one attached hydrogen (secondary N) is 1. The number of carbonyl (C=O) groups excluding carboxylic acids is 1. The summed E-state index contributed by atoms with van der Waals surface area (Å²) in [7, 11) is -3.71. The van der Waals surface area contributed by atoms with Gasteiger partial charge in [-0.15, -0.1) is 0 Å². The van der Waals surface area contributed by atoms with Gasteiger partial charge in [0.15, 0.2) is 5.78 Å². The van der Waals surface area contributed by atoms with E-state index in [1.807, 2.05) is 13.8 Å². The van der Waals surface area contributed by atoms with Crippen molar-refractivity contribution in [2.45, 2.75) is 38.6 Å². The van der Waals surface area contributed by atoms with Gasteiger partial charge in [0, 0.05) is 23.5 Å². The Morgan fingerprint density at radius 1 is 1.23 bits per heavy atom. The molecule has 0 bridgehead atoms. The number of anilines is 1. The Hall–Kier alpha value is -2.15. The first-order valence-electron chi connectivity index (χ1n) is 6.90. The molecule has 1 N–H and O–H groups in total. The molecule has 0 atom stereocenters. The fourth-order valence-electron chi connectivity index (χ4n) is 1.98. The minimum absolute atomic E-state index is 0.0662. The largest absolute Gasteiger partial charge is 0.295 e. The molecule has 0 saturated carbocycles. The topological polar surface area (TPSA) is 81.1 Å². The lowest BCUT2D eigenvalue weighted by molar-refractivity contribution is 0.101. The Labute approximate surface area is 130 Å². The average molecular weight is 321 g/mol. The summed E-state index contributed by atoms with van der Waals surface area (Å²) in [6.07, 6.45) is 1.52. The van der Waals surface area contributed by atoms with E-state index in [-0.39, 0.29) is 16.7 Å². The van der Waals surface area contributed by atoms with Crippen LogP contribution in [-0.4, -0.2) is 24.0 Å². The molecule has 0 saturated heterocycles. The molecule has 6 nitrogen and oxygen atoms in total. The van der Waals surface area contributed by atoms with Gasteiger partial charge in [0.1, 0.15) is 4.90 Å². The third-order valence-electron chi connectivity index (χ3n) is 3.23. The van der Waals surface area contributed by atoms with Crippen LogP contribution in [0.5, 0.6) is 0 Å². The summed E-state index contributed by atoms with van der Waals surface area (Å²) in [5, 5.41) is 4.21. The standard InChI is InChI=1S/C15H19N3O3S/c1-10(2)18-9-15(11(3)16-18)22(20,21)17-14-7-5-13(6-8-14)12(4)19/h5-10,17H,1-4H3. The summed E-state index contributed by atoms with van der Waals surface area (Å²) in [6.45, 7) is 6.97. The van der Waals surface area contributed by atoms with Crippen LogP contribution in [0.15, 0.2) is 35.4 Å². The van der Waals surface area contributed by atoms with Crippen molar-refractivity contribution in [1.82, 2.24) is 9.78 Å². The van der Waals surface area contributed by atoms with E-state index in [9.17, 15) is 13.2 Å². The second kappa shape index (κ2) is 5.92. The first kappa shape index (κ1) is 16.2. The van der Waals surface area contributed by atoms with E-state index in [4.69, 9.17) is 0 Å². The normalized spacial score (nSPS) is 11.7. The molecule has 2 aromatic rings. The Kier molecular flexibility index (Phi) is 4.37. The average Bonchev–Trinajstić information content (AvgIpc) is 2.82. The van der Waals surface area contributed by atoms with Crippen molar-refractivity contribution in [2.75, 3.05) is 4.72 Å². The zero-order valence-electron chi connectivity index (χ0n) is 13.0. The van der Waals surface area contributed by atoms with Crippen molar-refractivity contribution in [3.63, 3.8) is 0 Å². The number of nitrogens with zero attached hydrogens (tertiary/aromatic N) is 2. The molecule has 7 heteroatoms.